The molecule has 2 aromatic rings. The summed E-state index contributed by atoms with van der Waals surface area (Å²) in [6.07, 6.45) is 0. The first kappa shape index (κ1) is 18.5. The number of benzene rings is 2. The maximum Gasteiger partial charge on any atom is 0.269 e. The van der Waals surface area contributed by atoms with E-state index >= 15 is 0 Å². The largest absolute Gasteiger partial charge is 0.384 e. The minimum Gasteiger partial charge on any atom is -0.384 e. The van der Waals surface area contributed by atoms with Crippen LogP contribution in [-0.4, -0.2) is 26.4 Å². The van der Waals surface area contributed by atoms with Crippen molar-refractivity contribution >= 4 is 44.6 Å². The molecule has 0 saturated heterocycles. The lowest BCUT2D eigenvalue weighted by molar-refractivity contribution is -0.384. The third-order valence-corrected chi connectivity index (χ3v) is 5.18. The van der Waals surface area contributed by atoms with E-state index in [0.29, 0.717) is 5.69 Å². The first-order valence-corrected chi connectivity index (χ1v) is 8.96. The van der Waals surface area contributed by atoms with Crippen molar-refractivity contribution in [1.82, 2.24) is 4.72 Å². The average Bonchev–Trinajstić information content (AvgIpc) is 2.54. The normalized spacial score (nSPS) is 11.2. The molecule has 0 spiro atoms. The minimum atomic E-state index is -3.78. The molecule has 0 aliphatic rings. The lowest BCUT2D eigenvalue weighted by Crippen LogP contribution is -2.29. The maximum atomic E-state index is 12.2. The molecule has 10 heteroatoms. The third-order valence-electron chi connectivity index (χ3n) is 3.01. The Bertz CT molecular complexity index is 842. The molecular formula is C14H13Cl2N3O4S. The summed E-state index contributed by atoms with van der Waals surface area (Å²) in [7, 11) is -3.78. The Morgan fingerprint density at radius 3 is 2.33 bits per heavy atom. The van der Waals surface area contributed by atoms with Gasteiger partial charge in [-0.05, 0) is 30.3 Å². The van der Waals surface area contributed by atoms with Gasteiger partial charge in [-0.3, -0.25) is 10.1 Å². The number of rotatable bonds is 7. The second kappa shape index (κ2) is 7.80. The van der Waals surface area contributed by atoms with Gasteiger partial charge in [-0.1, -0.05) is 23.2 Å². The van der Waals surface area contributed by atoms with Crippen molar-refractivity contribution in [3.63, 3.8) is 0 Å². The van der Waals surface area contributed by atoms with Crippen molar-refractivity contribution in [2.24, 2.45) is 0 Å². The maximum absolute atomic E-state index is 12.2. The van der Waals surface area contributed by atoms with Crippen molar-refractivity contribution in [2.45, 2.75) is 4.90 Å². The van der Waals surface area contributed by atoms with Crippen molar-refractivity contribution < 1.29 is 13.3 Å². The number of nitro benzene ring substituents is 1. The monoisotopic (exact) mass is 389 g/mol. The van der Waals surface area contributed by atoms with Crippen LogP contribution in [-0.2, 0) is 10.0 Å². The summed E-state index contributed by atoms with van der Waals surface area (Å²) in [5, 5.41) is 13.9. The van der Waals surface area contributed by atoms with Gasteiger partial charge in [-0.15, -0.1) is 0 Å². The van der Waals surface area contributed by atoms with E-state index in [9.17, 15) is 18.5 Å². The van der Waals surface area contributed by atoms with E-state index in [4.69, 9.17) is 23.2 Å². The molecule has 0 atom stereocenters. The zero-order valence-electron chi connectivity index (χ0n) is 12.2. The second-order valence-corrected chi connectivity index (χ2v) is 7.28. The molecule has 0 radical (unpaired) electrons. The molecule has 0 amide bonds. The number of hydrogen-bond donors (Lipinski definition) is 2. The van der Waals surface area contributed by atoms with Gasteiger partial charge in [-0.2, -0.15) is 0 Å². The summed E-state index contributed by atoms with van der Waals surface area (Å²) in [4.78, 5) is 9.97. The quantitative estimate of drug-likeness (QED) is 0.429. The van der Waals surface area contributed by atoms with E-state index < -0.39 is 14.9 Å². The molecule has 0 unspecified atom stereocenters. The summed E-state index contributed by atoms with van der Waals surface area (Å²) in [6.45, 7) is 0.386. The zero-order chi connectivity index (χ0) is 17.7. The van der Waals surface area contributed by atoms with E-state index in [-0.39, 0.29) is 33.7 Å². The fourth-order valence-electron chi connectivity index (χ4n) is 1.85. The third kappa shape index (κ3) is 4.81. The minimum absolute atomic E-state index is 0.0168. The Labute approximate surface area is 148 Å². The van der Waals surface area contributed by atoms with E-state index in [1.54, 1.807) is 12.1 Å². The SMILES string of the molecule is O=[N+]([O-])c1ccc(NCCNS(=O)(=O)c2cc(Cl)ccc2Cl)cc1. The van der Waals surface area contributed by atoms with Crippen LogP contribution >= 0.6 is 23.2 Å². The highest BCUT2D eigenvalue weighted by molar-refractivity contribution is 7.89. The molecule has 24 heavy (non-hydrogen) atoms. The number of anilines is 1. The van der Waals surface area contributed by atoms with Gasteiger partial charge < -0.3 is 5.32 Å². The van der Waals surface area contributed by atoms with Gasteiger partial charge in [0.25, 0.3) is 5.69 Å². The lowest BCUT2D eigenvalue weighted by Gasteiger charge is -2.10. The molecule has 0 heterocycles. The average molecular weight is 390 g/mol. The van der Waals surface area contributed by atoms with Crippen LogP contribution in [0.5, 0.6) is 0 Å². The Hall–Kier alpha value is -1.87. The summed E-state index contributed by atoms with van der Waals surface area (Å²) in [5.74, 6) is 0. The van der Waals surface area contributed by atoms with E-state index in [1.165, 1.54) is 30.3 Å². The van der Waals surface area contributed by atoms with Crippen molar-refractivity contribution in [3.8, 4) is 0 Å². The van der Waals surface area contributed by atoms with Crippen LogP contribution in [0.3, 0.4) is 0 Å². The summed E-state index contributed by atoms with van der Waals surface area (Å²) >= 11 is 11.7. The first-order chi connectivity index (χ1) is 11.3. The number of sulfonamides is 1. The van der Waals surface area contributed by atoms with Gasteiger partial charge in [0.15, 0.2) is 0 Å². The van der Waals surface area contributed by atoms with Crippen molar-refractivity contribution in [3.05, 3.63) is 62.6 Å². The van der Waals surface area contributed by atoms with E-state index in [0.717, 1.165) is 0 Å². The zero-order valence-corrected chi connectivity index (χ0v) is 14.5. The van der Waals surface area contributed by atoms with Crippen molar-refractivity contribution in [1.29, 1.82) is 0 Å². The van der Waals surface area contributed by atoms with Gasteiger partial charge in [-0.25, -0.2) is 13.1 Å². The predicted molar refractivity (Wildman–Crippen MR) is 93.2 cm³/mol. The molecule has 128 valence electrons. The molecular weight excluding hydrogens is 377 g/mol. The van der Waals surface area contributed by atoms with Gasteiger partial charge >= 0.3 is 0 Å². The number of hydrogen-bond acceptors (Lipinski definition) is 5. The molecule has 0 fully saturated rings. The Morgan fingerprint density at radius 2 is 1.71 bits per heavy atom. The second-order valence-electron chi connectivity index (χ2n) is 4.70. The number of nitrogens with one attached hydrogen (secondary N) is 2. The summed E-state index contributed by atoms with van der Waals surface area (Å²) in [5.41, 5.74) is 0.623. The van der Waals surface area contributed by atoms with Crippen LogP contribution in [0.25, 0.3) is 0 Å². The topological polar surface area (TPSA) is 101 Å². The van der Waals surface area contributed by atoms with E-state index in [1.807, 2.05) is 0 Å². The number of nitrogens with zero attached hydrogens (tertiary/aromatic N) is 1. The van der Waals surface area contributed by atoms with Gasteiger partial charge in [0.1, 0.15) is 4.90 Å². The Kier molecular flexibility index (Phi) is 6.00. The molecule has 0 saturated carbocycles. The van der Waals surface area contributed by atoms with E-state index in [2.05, 4.69) is 10.0 Å². The number of nitro groups is 1. The molecule has 0 aromatic heterocycles. The molecule has 2 rings (SSSR count). The smallest absolute Gasteiger partial charge is 0.269 e. The van der Waals surface area contributed by atoms with Crippen LogP contribution in [0.1, 0.15) is 0 Å². The Morgan fingerprint density at radius 1 is 1.04 bits per heavy atom. The molecule has 0 aliphatic carbocycles. The van der Waals surface area contributed by atoms with Gasteiger partial charge in [0, 0.05) is 35.9 Å². The predicted octanol–water partition coefficient (Wildman–Crippen LogP) is 3.29. The van der Waals surface area contributed by atoms with Crippen LogP contribution in [0.4, 0.5) is 11.4 Å². The first-order valence-electron chi connectivity index (χ1n) is 6.72. The van der Waals surface area contributed by atoms with Gasteiger partial charge in [0.2, 0.25) is 10.0 Å². The summed E-state index contributed by atoms with van der Waals surface area (Å²) < 4.78 is 26.8. The Balaban J connectivity index is 1.91. The fraction of sp³-hybridized carbons (Fsp3) is 0.143. The number of halogens is 2. The molecule has 2 aromatic carbocycles. The molecule has 2 N–H and O–H groups in total. The highest BCUT2D eigenvalue weighted by Gasteiger charge is 2.17. The van der Waals surface area contributed by atoms with Gasteiger partial charge in [0.05, 0.1) is 9.95 Å². The van der Waals surface area contributed by atoms with Crippen LogP contribution in [0, 0.1) is 10.1 Å². The van der Waals surface area contributed by atoms with Crippen LogP contribution in [0.15, 0.2) is 47.4 Å². The van der Waals surface area contributed by atoms with Crippen molar-refractivity contribution in [2.75, 3.05) is 18.4 Å². The fourth-order valence-corrected chi connectivity index (χ4v) is 3.65. The van der Waals surface area contributed by atoms with Crippen LogP contribution < -0.4 is 10.0 Å². The standard InChI is InChI=1S/C14H13Cl2N3O4S/c15-10-1-6-13(16)14(9-10)24(22,23)18-8-7-17-11-2-4-12(5-3-11)19(20)21/h1-6,9,17-18H,7-8H2. The highest BCUT2D eigenvalue weighted by Crippen LogP contribution is 2.24. The highest BCUT2D eigenvalue weighted by atomic mass is 35.5. The molecule has 7 nitrogen and oxygen atoms in total. The lowest BCUT2D eigenvalue weighted by atomic mass is 10.3. The van der Waals surface area contributed by atoms with Crippen LogP contribution in [0.2, 0.25) is 10.0 Å². The summed E-state index contributed by atoms with van der Waals surface area (Å²) in [6, 6.07) is 9.99. The molecule has 0 bridgehead atoms. The number of non-ortho nitro benzene ring substituents is 1. The molecule has 0 aliphatic heterocycles.